The lowest BCUT2D eigenvalue weighted by atomic mass is 9.95. The van der Waals surface area contributed by atoms with Crippen LogP contribution in [0.1, 0.15) is 38.3 Å². The molecule has 1 atom stereocenters. The first kappa shape index (κ1) is 18.9. The maximum Gasteiger partial charge on any atom is 0.165 e. The molecule has 5 nitrogen and oxygen atoms in total. The van der Waals surface area contributed by atoms with Crippen molar-refractivity contribution in [3.05, 3.63) is 47.5 Å². The molecule has 0 bridgehead atoms. The normalized spacial score (nSPS) is 18.8. The van der Waals surface area contributed by atoms with Crippen LogP contribution in [0.2, 0.25) is 0 Å². The number of nitrogens with zero attached hydrogens (tertiary/aromatic N) is 2. The molecule has 142 valence electrons. The van der Waals surface area contributed by atoms with Crippen LogP contribution in [-0.2, 0) is 11.2 Å². The maximum absolute atomic E-state index is 13.6. The smallest absolute Gasteiger partial charge is 0.165 e. The van der Waals surface area contributed by atoms with E-state index in [1.807, 2.05) is 6.07 Å². The van der Waals surface area contributed by atoms with E-state index in [4.69, 9.17) is 9.47 Å². The van der Waals surface area contributed by atoms with Crippen LogP contribution in [0.25, 0.3) is 0 Å². The largest absolute Gasteiger partial charge is 0.490 e. The number of H-pyrrole nitrogens is 1. The Bertz CT molecular complexity index is 711. The Morgan fingerprint density at radius 2 is 2.15 bits per heavy atom. The predicted molar refractivity (Wildman–Crippen MR) is 98.8 cm³/mol. The molecular weight excluding hydrogens is 333 g/mol. The highest BCUT2D eigenvalue weighted by Gasteiger charge is 2.26. The first-order valence-corrected chi connectivity index (χ1v) is 9.16. The minimum Gasteiger partial charge on any atom is -0.490 e. The summed E-state index contributed by atoms with van der Waals surface area (Å²) in [5.74, 6) is -0.0620. The number of hydrogen-bond acceptors (Lipinski definition) is 4. The van der Waals surface area contributed by atoms with Crippen LogP contribution in [0.3, 0.4) is 0 Å². The Morgan fingerprint density at radius 3 is 2.92 bits per heavy atom. The van der Waals surface area contributed by atoms with E-state index in [0.29, 0.717) is 13.0 Å². The van der Waals surface area contributed by atoms with Crippen LogP contribution in [0.4, 0.5) is 4.39 Å². The molecule has 3 rings (SSSR count). The third-order valence-electron chi connectivity index (χ3n) is 4.29. The van der Waals surface area contributed by atoms with Crippen molar-refractivity contribution in [1.82, 2.24) is 15.1 Å². The van der Waals surface area contributed by atoms with Gasteiger partial charge in [0.2, 0.25) is 0 Å². The van der Waals surface area contributed by atoms with E-state index < -0.39 is 0 Å². The number of para-hydroxylation sites is 1. The quantitative estimate of drug-likeness (QED) is 0.854. The molecule has 1 N–H and O–H groups in total. The molecule has 2 heterocycles. The van der Waals surface area contributed by atoms with Gasteiger partial charge in [-0.1, -0.05) is 32.9 Å². The standard InChI is InChI=1S/C20H28FN3O2/c1-20(2,3)14-24-9-11-26-19(13-24)17-12-15(22-23-17)8-10-25-18-7-5-4-6-16(18)21/h4-7,12,19H,8-11,13-14H2,1-3H3,(H,22,23)/t19-/m1/s1. The molecule has 0 unspecified atom stereocenters. The molecule has 1 aliphatic heterocycles. The first-order valence-electron chi connectivity index (χ1n) is 9.16. The zero-order valence-corrected chi connectivity index (χ0v) is 15.8. The van der Waals surface area contributed by atoms with E-state index in [0.717, 1.165) is 37.6 Å². The summed E-state index contributed by atoms with van der Waals surface area (Å²) in [5.41, 5.74) is 2.15. The van der Waals surface area contributed by atoms with Gasteiger partial charge in [0.15, 0.2) is 11.6 Å². The number of morpholine rings is 1. The lowest BCUT2D eigenvalue weighted by molar-refractivity contribution is -0.0407. The summed E-state index contributed by atoms with van der Waals surface area (Å²) in [7, 11) is 0. The van der Waals surface area contributed by atoms with Crippen molar-refractivity contribution in [3.63, 3.8) is 0 Å². The number of ether oxygens (including phenoxy) is 2. The number of benzene rings is 1. The predicted octanol–water partition coefficient (Wildman–Crippen LogP) is 3.59. The summed E-state index contributed by atoms with van der Waals surface area (Å²) in [4.78, 5) is 2.43. The maximum atomic E-state index is 13.6. The molecule has 6 heteroatoms. The molecule has 0 aliphatic carbocycles. The minimum absolute atomic E-state index is 0.0106. The highest BCUT2D eigenvalue weighted by atomic mass is 19.1. The van der Waals surface area contributed by atoms with Gasteiger partial charge >= 0.3 is 0 Å². The topological polar surface area (TPSA) is 50.4 Å². The van der Waals surface area contributed by atoms with Gasteiger partial charge in [0.25, 0.3) is 0 Å². The molecule has 26 heavy (non-hydrogen) atoms. The number of rotatable bonds is 6. The molecule has 1 fully saturated rings. The number of halogens is 1. The van der Waals surface area contributed by atoms with E-state index in [1.54, 1.807) is 18.2 Å². The monoisotopic (exact) mass is 361 g/mol. The Hall–Kier alpha value is -1.92. The summed E-state index contributed by atoms with van der Waals surface area (Å²) in [6.45, 7) is 10.7. The van der Waals surface area contributed by atoms with Gasteiger partial charge in [-0.15, -0.1) is 0 Å². The lowest BCUT2D eigenvalue weighted by Gasteiger charge is -2.36. The molecule has 0 spiro atoms. The van der Waals surface area contributed by atoms with Gasteiger partial charge in [-0.2, -0.15) is 5.10 Å². The second-order valence-electron chi connectivity index (χ2n) is 8.00. The first-order chi connectivity index (χ1) is 12.4. The summed E-state index contributed by atoms with van der Waals surface area (Å²) in [6, 6.07) is 8.46. The molecule has 1 aromatic carbocycles. The van der Waals surface area contributed by atoms with Gasteiger partial charge in [0.1, 0.15) is 6.10 Å². The Balaban J connectivity index is 1.52. The molecule has 0 amide bonds. The van der Waals surface area contributed by atoms with Crippen molar-refractivity contribution >= 4 is 0 Å². The summed E-state index contributed by atoms with van der Waals surface area (Å²) < 4.78 is 25.0. The van der Waals surface area contributed by atoms with Crippen molar-refractivity contribution in [1.29, 1.82) is 0 Å². The van der Waals surface area contributed by atoms with Gasteiger partial charge < -0.3 is 9.47 Å². The van der Waals surface area contributed by atoms with Crippen LogP contribution in [0, 0.1) is 11.2 Å². The van der Waals surface area contributed by atoms with Crippen molar-refractivity contribution < 1.29 is 13.9 Å². The van der Waals surface area contributed by atoms with Crippen molar-refractivity contribution in [2.24, 2.45) is 5.41 Å². The second-order valence-corrected chi connectivity index (χ2v) is 8.00. The summed E-state index contributed by atoms with van der Waals surface area (Å²) in [5, 5.41) is 7.45. The lowest BCUT2D eigenvalue weighted by Crippen LogP contribution is -2.42. The summed E-state index contributed by atoms with van der Waals surface area (Å²) >= 11 is 0. The average molecular weight is 361 g/mol. The van der Waals surface area contributed by atoms with E-state index >= 15 is 0 Å². The highest BCUT2D eigenvalue weighted by Crippen LogP contribution is 2.24. The molecule has 0 saturated carbocycles. The number of nitrogens with one attached hydrogen (secondary N) is 1. The second kappa shape index (κ2) is 8.18. The summed E-state index contributed by atoms with van der Waals surface area (Å²) in [6.07, 6.45) is 0.628. The molecule has 0 radical (unpaired) electrons. The van der Waals surface area contributed by atoms with Crippen LogP contribution in [0.5, 0.6) is 5.75 Å². The molecule has 1 aromatic heterocycles. The number of aromatic nitrogens is 2. The van der Waals surface area contributed by atoms with E-state index in [1.165, 1.54) is 6.07 Å². The van der Waals surface area contributed by atoms with E-state index in [-0.39, 0.29) is 23.1 Å². The SMILES string of the molecule is CC(C)(C)CN1CCO[C@@H](c2cc(CCOc3ccccc3F)[nH]n2)C1. The number of aromatic amines is 1. The van der Waals surface area contributed by atoms with Crippen molar-refractivity contribution in [3.8, 4) is 5.75 Å². The zero-order chi connectivity index (χ0) is 18.6. The Morgan fingerprint density at radius 1 is 1.35 bits per heavy atom. The van der Waals surface area contributed by atoms with E-state index in [2.05, 4.69) is 35.9 Å². The van der Waals surface area contributed by atoms with Gasteiger partial charge in [-0.05, 0) is 23.6 Å². The molecule has 1 aliphatic rings. The van der Waals surface area contributed by atoms with Crippen LogP contribution < -0.4 is 4.74 Å². The molecular formula is C20H28FN3O2. The van der Waals surface area contributed by atoms with Crippen molar-refractivity contribution in [2.75, 3.05) is 32.8 Å². The van der Waals surface area contributed by atoms with E-state index in [9.17, 15) is 4.39 Å². The van der Waals surface area contributed by atoms with Crippen LogP contribution >= 0.6 is 0 Å². The van der Waals surface area contributed by atoms with Gasteiger partial charge in [-0.3, -0.25) is 10.00 Å². The fourth-order valence-electron chi connectivity index (χ4n) is 3.20. The highest BCUT2D eigenvalue weighted by molar-refractivity contribution is 5.23. The fourth-order valence-corrected chi connectivity index (χ4v) is 3.20. The fraction of sp³-hybridized carbons (Fsp3) is 0.550. The third-order valence-corrected chi connectivity index (χ3v) is 4.29. The average Bonchev–Trinajstić information content (AvgIpc) is 3.04. The third kappa shape index (κ3) is 5.29. The van der Waals surface area contributed by atoms with Gasteiger partial charge in [0.05, 0.1) is 18.9 Å². The minimum atomic E-state index is -0.340. The van der Waals surface area contributed by atoms with Crippen LogP contribution in [-0.4, -0.2) is 47.9 Å². The number of hydrogen-bond donors (Lipinski definition) is 1. The van der Waals surface area contributed by atoms with Crippen molar-refractivity contribution in [2.45, 2.75) is 33.3 Å². The van der Waals surface area contributed by atoms with Crippen LogP contribution in [0.15, 0.2) is 30.3 Å². The molecule has 2 aromatic rings. The Labute approximate surface area is 154 Å². The zero-order valence-electron chi connectivity index (χ0n) is 15.8. The Kier molecular flexibility index (Phi) is 5.94. The van der Waals surface area contributed by atoms with Gasteiger partial charge in [0, 0.05) is 31.7 Å². The molecule has 1 saturated heterocycles. The van der Waals surface area contributed by atoms with Gasteiger partial charge in [-0.25, -0.2) is 4.39 Å².